The second-order valence-corrected chi connectivity index (χ2v) is 5.78. The summed E-state index contributed by atoms with van der Waals surface area (Å²) in [5, 5.41) is 3.37. The first-order valence-corrected chi connectivity index (χ1v) is 7.66. The van der Waals surface area contributed by atoms with Crippen molar-refractivity contribution in [2.45, 2.75) is 57.2 Å². The Hall–Kier alpha value is -1.00. The number of pyridine rings is 1. The van der Waals surface area contributed by atoms with Crippen molar-refractivity contribution in [1.82, 2.24) is 15.2 Å². The average Bonchev–Trinajstić information content (AvgIpc) is 2.50. The molecule has 1 unspecified atom stereocenters. The summed E-state index contributed by atoms with van der Waals surface area (Å²) in [5.74, 6) is -0.263. The Labute approximate surface area is 121 Å². The minimum atomic E-state index is -0.263. The summed E-state index contributed by atoms with van der Waals surface area (Å²) in [6, 6.07) is 4.89. The van der Waals surface area contributed by atoms with Crippen molar-refractivity contribution in [1.29, 1.82) is 0 Å². The second-order valence-electron chi connectivity index (χ2n) is 5.78. The molecule has 112 valence electrons. The molecule has 1 fully saturated rings. The summed E-state index contributed by atoms with van der Waals surface area (Å²) < 4.78 is 13.0. The number of halogens is 1. The number of nitrogens with zero attached hydrogens (tertiary/aromatic N) is 2. The number of rotatable bonds is 5. The highest BCUT2D eigenvalue weighted by atomic mass is 19.1. The average molecular weight is 279 g/mol. The predicted octanol–water partition coefficient (Wildman–Crippen LogP) is 3.13. The first kappa shape index (κ1) is 15.4. The van der Waals surface area contributed by atoms with Crippen molar-refractivity contribution in [2.24, 2.45) is 0 Å². The molecule has 1 aromatic heterocycles. The molecule has 1 aliphatic carbocycles. The van der Waals surface area contributed by atoms with Gasteiger partial charge in [-0.25, -0.2) is 4.39 Å². The molecular formula is C16H26FN3. The molecule has 0 spiro atoms. The van der Waals surface area contributed by atoms with E-state index in [0.717, 1.165) is 12.1 Å². The van der Waals surface area contributed by atoms with Crippen molar-refractivity contribution in [3.8, 4) is 0 Å². The summed E-state index contributed by atoms with van der Waals surface area (Å²) in [7, 11) is 4.23. The van der Waals surface area contributed by atoms with E-state index in [1.54, 1.807) is 0 Å². The number of hydrogen-bond acceptors (Lipinski definition) is 3. The van der Waals surface area contributed by atoms with Crippen LogP contribution < -0.4 is 5.32 Å². The Bertz CT molecular complexity index is 399. The lowest BCUT2D eigenvalue weighted by Gasteiger charge is -2.38. The maximum atomic E-state index is 13.0. The van der Waals surface area contributed by atoms with Crippen LogP contribution in [0.4, 0.5) is 4.39 Å². The third kappa shape index (κ3) is 3.55. The fraction of sp³-hybridized carbons (Fsp3) is 0.688. The van der Waals surface area contributed by atoms with E-state index in [9.17, 15) is 4.39 Å². The molecule has 4 heteroatoms. The van der Waals surface area contributed by atoms with Gasteiger partial charge in [0.05, 0.1) is 17.9 Å². The van der Waals surface area contributed by atoms with Crippen molar-refractivity contribution in [3.63, 3.8) is 0 Å². The number of aromatic nitrogens is 1. The molecule has 0 aliphatic heterocycles. The Morgan fingerprint density at radius 1 is 1.35 bits per heavy atom. The van der Waals surface area contributed by atoms with Gasteiger partial charge in [0.15, 0.2) is 0 Å². The van der Waals surface area contributed by atoms with Gasteiger partial charge in [-0.3, -0.25) is 9.88 Å². The monoisotopic (exact) mass is 279 g/mol. The van der Waals surface area contributed by atoms with Crippen LogP contribution in [0.3, 0.4) is 0 Å². The fourth-order valence-electron chi connectivity index (χ4n) is 3.32. The highest BCUT2D eigenvalue weighted by Crippen LogP contribution is 2.30. The lowest BCUT2D eigenvalue weighted by atomic mass is 9.89. The first-order chi connectivity index (χ1) is 9.65. The van der Waals surface area contributed by atoms with E-state index in [4.69, 9.17) is 0 Å². The minimum absolute atomic E-state index is 0.263. The van der Waals surface area contributed by atoms with Crippen molar-refractivity contribution in [2.75, 3.05) is 14.1 Å². The van der Waals surface area contributed by atoms with Crippen LogP contribution in [0.5, 0.6) is 0 Å². The molecule has 0 amide bonds. The maximum absolute atomic E-state index is 13.0. The minimum Gasteiger partial charge on any atom is -0.317 e. The van der Waals surface area contributed by atoms with Crippen LogP contribution in [-0.4, -0.2) is 36.1 Å². The van der Waals surface area contributed by atoms with Gasteiger partial charge in [0.1, 0.15) is 5.82 Å². The van der Waals surface area contributed by atoms with E-state index in [2.05, 4.69) is 29.2 Å². The highest BCUT2D eigenvalue weighted by molar-refractivity contribution is 5.10. The summed E-state index contributed by atoms with van der Waals surface area (Å²) >= 11 is 0. The molecule has 0 aromatic carbocycles. The van der Waals surface area contributed by atoms with Gasteiger partial charge in [0.25, 0.3) is 0 Å². The normalized spacial score (nSPS) is 24.9. The maximum Gasteiger partial charge on any atom is 0.141 e. The van der Waals surface area contributed by atoms with Gasteiger partial charge in [0, 0.05) is 12.1 Å². The van der Waals surface area contributed by atoms with Crippen molar-refractivity contribution < 1.29 is 4.39 Å². The molecule has 1 heterocycles. The van der Waals surface area contributed by atoms with Gasteiger partial charge in [-0.05, 0) is 58.3 Å². The van der Waals surface area contributed by atoms with Crippen molar-refractivity contribution in [3.05, 3.63) is 29.8 Å². The quantitative estimate of drug-likeness (QED) is 0.897. The molecule has 1 atom stereocenters. The smallest absolute Gasteiger partial charge is 0.141 e. The SMILES string of the molecule is CCC(c1ccc(F)cn1)N(C)C1CCC(NC)CC1. The van der Waals surface area contributed by atoms with Gasteiger partial charge < -0.3 is 5.32 Å². The van der Waals surface area contributed by atoms with E-state index in [0.29, 0.717) is 12.1 Å². The largest absolute Gasteiger partial charge is 0.317 e. The summed E-state index contributed by atoms with van der Waals surface area (Å²) in [4.78, 5) is 6.70. The molecule has 20 heavy (non-hydrogen) atoms. The van der Waals surface area contributed by atoms with Gasteiger partial charge in [-0.1, -0.05) is 6.92 Å². The molecule has 3 nitrogen and oxygen atoms in total. The zero-order valence-electron chi connectivity index (χ0n) is 12.8. The second kappa shape index (κ2) is 7.14. The third-order valence-corrected chi connectivity index (χ3v) is 4.65. The van der Waals surface area contributed by atoms with E-state index in [1.807, 2.05) is 13.1 Å². The van der Waals surface area contributed by atoms with Crippen LogP contribution in [0.2, 0.25) is 0 Å². The molecule has 1 N–H and O–H groups in total. The van der Waals surface area contributed by atoms with E-state index < -0.39 is 0 Å². The zero-order valence-corrected chi connectivity index (χ0v) is 12.8. The molecule has 0 saturated heterocycles. The zero-order chi connectivity index (χ0) is 14.5. The summed E-state index contributed by atoms with van der Waals surface area (Å²) in [6.45, 7) is 2.17. The van der Waals surface area contributed by atoms with Crippen LogP contribution in [0.1, 0.15) is 50.8 Å². The van der Waals surface area contributed by atoms with Gasteiger partial charge in [0.2, 0.25) is 0 Å². The molecule has 1 aromatic rings. The molecule has 1 aliphatic rings. The highest BCUT2D eigenvalue weighted by Gasteiger charge is 2.27. The predicted molar refractivity (Wildman–Crippen MR) is 80.1 cm³/mol. The van der Waals surface area contributed by atoms with Crippen LogP contribution in [0.25, 0.3) is 0 Å². The summed E-state index contributed by atoms with van der Waals surface area (Å²) in [5.41, 5.74) is 0.979. The van der Waals surface area contributed by atoms with E-state index in [-0.39, 0.29) is 11.9 Å². The van der Waals surface area contributed by atoms with Gasteiger partial charge in [-0.2, -0.15) is 0 Å². The number of hydrogen-bond donors (Lipinski definition) is 1. The first-order valence-electron chi connectivity index (χ1n) is 7.66. The fourth-order valence-corrected chi connectivity index (χ4v) is 3.32. The van der Waals surface area contributed by atoms with Crippen LogP contribution in [0.15, 0.2) is 18.3 Å². The lowest BCUT2D eigenvalue weighted by Crippen LogP contribution is -2.41. The van der Waals surface area contributed by atoms with Gasteiger partial charge >= 0.3 is 0 Å². The van der Waals surface area contributed by atoms with E-state index >= 15 is 0 Å². The topological polar surface area (TPSA) is 28.2 Å². The summed E-state index contributed by atoms with van der Waals surface area (Å²) in [6.07, 6.45) is 7.24. The number of nitrogens with one attached hydrogen (secondary N) is 1. The van der Waals surface area contributed by atoms with Crippen LogP contribution in [0, 0.1) is 5.82 Å². The Balaban J connectivity index is 2.02. The molecule has 0 radical (unpaired) electrons. The molecule has 2 rings (SSSR count). The standard InChI is InChI=1S/C16H26FN3/c1-4-16(15-10-5-12(17)11-19-15)20(3)14-8-6-13(18-2)7-9-14/h5,10-11,13-14,16,18H,4,6-9H2,1-3H3. The lowest BCUT2D eigenvalue weighted by molar-refractivity contribution is 0.122. The molecule has 1 saturated carbocycles. The van der Waals surface area contributed by atoms with Gasteiger partial charge in [-0.15, -0.1) is 0 Å². The molecular weight excluding hydrogens is 253 g/mol. The third-order valence-electron chi connectivity index (χ3n) is 4.65. The van der Waals surface area contributed by atoms with E-state index in [1.165, 1.54) is 37.9 Å². The van der Waals surface area contributed by atoms with Crippen LogP contribution in [-0.2, 0) is 0 Å². The van der Waals surface area contributed by atoms with Crippen molar-refractivity contribution >= 4 is 0 Å². The Kier molecular flexibility index (Phi) is 5.49. The Morgan fingerprint density at radius 3 is 2.55 bits per heavy atom. The van der Waals surface area contributed by atoms with Crippen LogP contribution >= 0.6 is 0 Å². The molecule has 0 bridgehead atoms. The Morgan fingerprint density at radius 2 is 2.05 bits per heavy atom.